The summed E-state index contributed by atoms with van der Waals surface area (Å²) in [5.41, 5.74) is 2.42. The Morgan fingerprint density at radius 1 is 1.32 bits per heavy atom. The number of methoxy groups -OCH3 is 1. The van der Waals surface area contributed by atoms with Crippen LogP contribution in [0.2, 0.25) is 19.6 Å². The zero-order chi connectivity index (χ0) is 17.1. The second-order valence-corrected chi connectivity index (χ2v) is 11.1. The summed E-state index contributed by atoms with van der Waals surface area (Å²) in [6, 6.07) is 2.09. The van der Waals surface area contributed by atoms with Gasteiger partial charge < -0.3 is 4.74 Å². The molecule has 1 aromatic rings. The maximum atomic E-state index is 13.0. The van der Waals surface area contributed by atoms with E-state index in [0.717, 1.165) is 13.2 Å². The fourth-order valence-corrected chi connectivity index (χ4v) is 2.49. The summed E-state index contributed by atoms with van der Waals surface area (Å²) in [5, 5.41) is 2.27. The van der Waals surface area contributed by atoms with E-state index in [1.807, 2.05) is 19.6 Å². The van der Waals surface area contributed by atoms with E-state index in [4.69, 9.17) is 0 Å². The molecule has 120 valence electrons. The maximum absolute atomic E-state index is 13.0. The van der Waals surface area contributed by atoms with Crippen LogP contribution in [0.5, 0.6) is 0 Å². The number of benzene rings is 1. The SMILES string of the molecule is COC(=O)Nc1cc(C(F)(F)F)c(Br)cc1C#C[Si](C)(C)C. The topological polar surface area (TPSA) is 38.3 Å². The number of ether oxygens (including phenoxy) is 1. The van der Waals surface area contributed by atoms with Crippen molar-refractivity contribution in [2.75, 3.05) is 12.4 Å². The van der Waals surface area contributed by atoms with Gasteiger partial charge in [0.15, 0.2) is 0 Å². The average molecular weight is 394 g/mol. The summed E-state index contributed by atoms with van der Waals surface area (Å²) >= 11 is 2.90. The molecular weight excluding hydrogens is 379 g/mol. The zero-order valence-corrected chi connectivity index (χ0v) is 15.1. The number of carbonyl (C=O) groups excluding carboxylic acids is 1. The van der Waals surface area contributed by atoms with Crippen molar-refractivity contribution >= 4 is 35.8 Å². The molecule has 1 amide bonds. The number of anilines is 1. The summed E-state index contributed by atoms with van der Waals surface area (Å²) < 4.78 is 43.2. The quantitative estimate of drug-likeness (QED) is 0.545. The first-order chi connectivity index (χ1) is 9.94. The molecule has 0 aliphatic rings. The Balaban J connectivity index is 3.44. The first-order valence-electron chi connectivity index (χ1n) is 6.23. The van der Waals surface area contributed by atoms with Gasteiger partial charge in [-0.05, 0) is 12.1 Å². The van der Waals surface area contributed by atoms with Crippen molar-refractivity contribution in [1.82, 2.24) is 0 Å². The lowest BCUT2D eigenvalue weighted by Gasteiger charge is -2.14. The van der Waals surface area contributed by atoms with E-state index in [-0.39, 0.29) is 10.2 Å². The highest BCUT2D eigenvalue weighted by atomic mass is 79.9. The van der Waals surface area contributed by atoms with Gasteiger partial charge in [-0.3, -0.25) is 5.32 Å². The number of amides is 1. The van der Waals surface area contributed by atoms with E-state index in [0.29, 0.717) is 5.56 Å². The van der Waals surface area contributed by atoms with Crippen molar-refractivity contribution in [2.24, 2.45) is 0 Å². The van der Waals surface area contributed by atoms with Crippen molar-refractivity contribution in [3.05, 3.63) is 27.7 Å². The number of carbonyl (C=O) groups is 1. The number of rotatable bonds is 1. The highest BCUT2D eigenvalue weighted by Gasteiger charge is 2.34. The first kappa shape index (κ1) is 18.6. The predicted octanol–water partition coefficient (Wildman–Crippen LogP) is 4.88. The average Bonchev–Trinajstić information content (AvgIpc) is 2.36. The van der Waals surface area contributed by atoms with Crippen LogP contribution in [0.4, 0.5) is 23.7 Å². The van der Waals surface area contributed by atoms with Crippen molar-refractivity contribution < 1.29 is 22.7 Å². The third-order valence-electron chi connectivity index (χ3n) is 2.41. The molecule has 0 heterocycles. The fourth-order valence-electron chi connectivity index (χ4n) is 1.41. The molecule has 1 aromatic carbocycles. The largest absolute Gasteiger partial charge is 0.453 e. The van der Waals surface area contributed by atoms with Crippen molar-refractivity contribution in [3.63, 3.8) is 0 Å². The molecule has 0 aliphatic carbocycles. The molecule has 0 unspecified atom stereocenters. The fraction of sp³-hybridized carbons (Fsp3) is 0.357. The third kappa shape index (κ3) is 5.39. The van der Waals surface area contributed by atoms with Gasteiger partial charge in [-0.1, -0.05) is 41.5 Å². The lowest BCUT2D eigenvalue weighted by atomic mass is 10.1. The summed E-state index contributed by atoms with van der Waals surface area (Å²) in [6.45, 7) is 6.02. The molecule has 0 atom stereocenters. The van der Waals surface area contributed by atoms with Crippen LogP contribution in [-0.2, 0) is 10.9 Å². The van der Waals surface area contributed by atoms with Gasteiger partial charge in [0.25, 0.3) is 0 Å². The predicted molar refractivity (Wildman–Crippen MR) is 85.4 cm³/mol. The highest BCUT2D eigenvalue weighted by molar-refractivity contribution is 9.10. The van der Waals surface area contributed by atoms with E-state index in [2.05, 4.69) is 37.4 Å². The minimum absolute atomic E-state index is 0.0341. The van der Waals surface area contributed by atoms with E-state index in [1.54, 1.807) is 0 Å². The van der Waals surface area contributed by atoms with Gasteiger partial charge >= 0.3 is 12.3 Å². The number of alkyl halides is 3. The van der Waals surface area contributed by atoms with Crippen LogP contribution in [0.15, 0.2) is 16.6 Å². The van der Waals surface area contributed by atoms with Gasteiger partial charge in [-0.2, -0.15) is 13.2 Å². The summed E-state index contributed by atoms with van der Waals surface area (Å²) in [5.74, 6) is 2.85. The summed E-state index contributed by atoms with van der Waals surface area (Å²) in [6.07, 6.45) is -5.40. The van der Waals surface area contributed by atoms with Crippen molar-refractivity contribution in [2.45, 2.75) is 25.8 Å². The van der Waals surface area contributed by atoms with E-state index in [9.17, 15) is 18.0 Å². The zero-order valence-electron chi connectivity index (χ0n) is 12.5. The Morgan fingerprint density at radius 3 is 2.36 bits per heavy atom. The molecule has 3 nitrogen and oxygen atoms in total. The van der Waals surface area contributed by atoms with Crippen LogP contribution in [0.1, 0.15) is 11.1 Å². The molecule has 1 rings (SSSR count). The second-order valence-electron chi connectivity index (χ2n) is 5.49. The Kier molecular flexibility index (Phi) is 5.70. The Labute approximate surface area is 136 Å². The summed E-state index contributed by atoms with van der Waals surface area (Å²) in [4.78, 5) is 11.3. The van der Waals surface area contributed by atoms with E-state index >= 15 is 0 Å². The number of halogens is 4. The van der Waals surface area contributed by atoms with Crippen LogP contribution in [0, 0.1) is 11.5 Å². The smallest absolute Gasteiger partial charge is 0.417 e. The number of hydrogen-bond donors (Lipinski definition) is 1. The second kappa shape index (κ2) is 6.75. The molecule has 0 aromatic heterocycles. The van der Waals surface area contributed by atoms with Gasteiger partial charge in [0, 0.05) is 10.0 Å². The maximum Gasteiger partial charge on any atom is 0.417 e. The molecule has 0 spiro atoms. The van der Waals surface area contributed by atoms with Crippen LogP contribution >= 0.6 is 15.9 Å². The Hall–Kier alpha value is -1.46. The van der Waals surface area contributed by atoms with Crippen molar-refractivity contribution in [1.29, 1.82) is 0 Å². The number of nitrogens with one attached hydrogen (secondary N) is 1. The van der Waals surface area contributed by atoms with E-state index < -0.39 is 25.9 Å². The number of hydrogen-bond acceptors (Lipinski definition) is 2. The van der Waals surface area contributed by atoms with Crippen LogP contribution in [-0.4, -0.2) is 21.3 Å². The standard InChI is InChI=1S/C14H15BrF3NO2Si/c1-21-13(20)19-12-8-10(14(16,17)18)11(15)7-9(12)5-6-22(2,3)4/h7-8H,1-4H3,(H,19,20). The van der Waals surface area contributed by atoms with Crippen LogP contribution < -0.4 is 5.32 Å². The minimum Gasteiger partial charge on any atom is -0.453 e. The van der Waals surface area contributed by atoms with Gasteiger partial charge in [0.1, 0.15) is 8.07 Å². The van der Waals surface area contributed by atoms with Gasteiger partial charge in [0.2, 0.25) is 0 Å². The van der Waals surface area contributed by atoms with Crippen LogP contribution in [0.25, 0.3) is 0 Å². The summed E-state index contributed by atoms with van der Waals surface area (Å²) in [7, 11) is -0.590. The Bertz CT molecular complexity index is 642. The van der Waals surface area contributed by atoms with Gasteiger partial charge in [0.05, 0.1) is 18.4 Å². The van der Waals surface area contributed by atoms with E-state index in [1.165, 1.54) is 6.07 Å². The van der Waals surface area contributed by atoms with Crippen molar-refractivity contribution in [3.8, 4) is 11.5 Å². The van der Waals surface area contributed by atoms with Crippen LogP contribution in [0.3, 0.4) is 0 Å². The lowest BCUT2D eigenvalue weighted by Crippen LogP contribution is -2.17. The minimum atomic E-state index is -4.55. The molecule has 0 aliphatic heterocycles. The molecule has 1 N–H and O–H groups in total. The monoisotopic (exact) mass is 393 g/mol. The first-order valence-corrected chi connectivity index (χ1v) is 10.5. The highest BCUT2D eigenvalue weighted by Crippen LogP contribution is 2.37. The van der Waals surface area contributed by atoms with Gasteiger partial charge in [-0.25, -0.2) is 4.79 Å². The molecular formula is C14H15BrF3NO2Si. The molecule has 8 heteroatoms. The molecule has 0 saturated carbocycles. The molecule has 22 heavy (non-hydrogen) atoms. The lowest BCUT2D eigenvalue weighted by molar-refractivity contribution is -0.138. The molecule has 0 radical (unpaired) electrons. The normalized spacial score (nSPS) is 11.5. The molecule has 0 fully saturated rings. The molecule has 0 bridgehead atoms. The molecule has 0 saturated heterocycles. The third-order valence-corrected chi connectivity index (χ3v) is 3.94. The Morgan fingerprint density at radius 2 is 1.91 bits per heavy atom. The van der Waals surface area contributed by atoms with Gasteiger partial charge in [-0.15, -0.1) is 5.54 Å².